The lowest BCUT2D eigenvalue weighted by Crippen LogP contribution is -2.15. The van der Waals surface area contributed by atoms with Gasteiger partial charge >= 0.3 is 0 Å². The van der Waals surface area contributed by atoms with Gasteiger partial charge in [-0.2, -0.15) is 5.10 Å². The number of nitrogens with zero attached hydrogens (tertiary/aromatic N) is 3. The van der Waals surface area contributed by atoms with Crippen molar-refractivity contribution in [3.63, 3.8) is 0 Å². The number of aromatic nitrogens is 3. The average molecular weight is 490 g/mol. The molecule has 4 nitrogen and oxygen atoms in total. The first-order valence-electron chi connectivity index (χ1n) is 13.1. The molecule has 4 aromatic heterocycles. The van der Waals surface area contributed by atoms with Crippen molar-refractivity contribution in [2.45, 2.75) is 19.3 Å². The molecule has 0 bridgehead atoms. The SMILES string of the molecule is CC1(C)c2ccccc2-c2ccc3c(c21)c1c2ccccc2oc1n3-c1cccn2nc3ccccc3c12. The summed E-state index contributed by atoms with van der Waals surface area (Å²) >= 11 is 0. The molecule has 0 saturated carbocycles. The van der Waals surface area contributed by atoms with Crippen molar-refractivity contribution < 1.29 is 4.42 Å². The Morgan fingerprint density at radius 1 is 0.711 bits per heavy atom. The number of benzene rings is 4. The maximum atomic E-state index is 6.70. The van der Waals surface area contributed by atoms with E-state index in [4.69, 9.17) is 9.52 Å². The summed E-state index contributed by atoms with van der Waals surface area (Å²) in [6.45, 7) is 4.71. The standard InChI is InChI=1S/C34H23N3O/c1-34(2)24-13-6-3-10-20(24)21-17-18-26-30(31(21)34)29-23-12-5-8-16-28(23)38-33(29)37(26)27-15-9-19-36-32(27)22-11-4-7-14-25(22)35-36/h3-19H,1-2H3. The zero-order valence-electron chi connectivity index (χ0n) is 21.1. The fraction of sp³-hybridized carbons (Fsp3) is 0.0882. The number of hydrogen-bond acceptors (Lipinski definition) is 2. The highest BCUT2D eigenvalue weighted by molar-refractivity contribution is 6.23. The van der Waals surface area contributed by atoms with Gasteiger partial charge in [-0.15, -0.1) is 0 Å². The average Bonchev–Trinajstić information content (AvgIpc) is 3.65. The molecule has 9 rings (SSSR count). The van der Waals surface area contributed by atoms with E-state index in [0.29, 0.717) is 0 Å². The number of fused-ring (bicyclic) bond motifs is 12. The molecule has 4 heteroatoms. The smallest absolute Gasteiger partial charge is 0.213 e. The lowest BCUT2D eigenvalue weighted by molar-refractivity contribution is 0.645. The van der Waals surface area contributed by atoms with Crippen LogP contribution in [0.2, 0.25) is 0 Å². The molecule has 1 aliphatic rings. The molecular weight excluding hydrogens is 466 g/mol. The molecule has 0 fully saturated rings. The normalized spacial score (nSPS) is 14.3. The first-order chi connectivity index (χ1) is 18.6. The number of hydrogen-bond donors (Lipinski definition) is 0. The molecule has 0 radical (unpaired) electrons. The molecule has 0 aliphatic heterocycles. The Bertz CT molecular complexity index is 2270. The van der Waals surface area contributed by atoms with Gasteiger partial charge in [-0.3, -0.25) is 4.57 Å². The molecule has 0 spiro atoms. The Kier molecular flexibility index (Phi) is 3.58. The van der Waals surface area contributed by atoms with Gasteiger partial charge in [0, 0.05) is 27.8 Å². The zero-order valence-corrected chi connectivity index (χ0v) is 21.1. The molecule has 0 atom stereocenters. The highest BCUT2D eigenvalue weighted by Gasteiger charge is 2.39. The predicted molar refractivity (Wildman–Crippen MR) is 154 cm³/mol. The summed E-state index contributed by atoms with van der Waals surface area (Å²) in [6, 6.07) is 34.4. The number of pyridine rings is 1. The first-order valence-corrected chi connectivity index (χ1v) is 13.1. The number of para-hydroxylation sites is 1. The van der Waals surface area contributed by atoms with Crippen LogP contribution in [0.5, 0.6) is 0 Å². The third kappa shape index (κ3) is 2.30. The van der Waals surface area contributed by atoms with Crippen molar-refractivity contribution in [3.8, 4) is 16.8 Å². The van der Waals surface area contributed by atoms with Crippen LogP contribution < -0.4 is 0 Å². The zero-order chi connectivity index (χ0) is 25.2. The minimum absolute atomic E-state index is 0.141. The van der Waals surface area contributed by atoms with Crippen LogP contribution in [0.15, 0.2) is 108 Å². The predicted octanol–water partition coefficient (Wildman–Crippen LogP) is 8.64. The Morgan fingerprint density at radius 2 is 1.50 bits per heavy atom. The van der Waals surface area contributed by atoms with Crippen LogP contribution in [0.1, 0.15) is 25.0 Å². The van der Waals surface area contributed by atoms with E-state index in [9.17, 15) is 0 Å². The van der Waals surface area contributed by atoms with E-state index in [0.717, 1.165) is 44.3 Å². The molecule has 4 heterocycles. The molecule has 8 aromatic rings. The van der Waals surface area contributed by atoms with Crippen molar-refractivity contribution in [1.82, 2.24) is 14.2 Å². The van der Waals surface area contributed by atoms with Crippen LogP contribution in [0.25, 0.3) is 66.2 Å². The van der Waals surface area contributed by atoms with Crippen LogP contribution >= 0.6 is 0 Å². The van der Waals surface area contributed by atoms with Gasteiger partial charge in [-0.25, -0.2) is 4.52 Å². The van der Waals surface area contributed by atoms with Crippen molar-refractivity contribution in [2.24, 2.45) is 0 Å². The van der Waals surface area contributed by atoms with Crippen LogP contribution in [-0.2, 0) is 5.41 Å². The summed E-state index contributed by atoms with van der Waals surface area (Å²) in [4.78, 5) is 0. The molecule has 0 saturated heterocycles. The lowest BCUT2D eigenvalue weighted by Gasteiger charge is -2.22. The highest BCUT2D eigenvalue weighted by Crippen LogP contribution is 2.54. The van der Waals surface area contributed by atoms with E-state index in [-0.39, 0.29) is 5.41 Å². The maximum Gasteiger partial charge on any atom is 0.213 e. The van der Waals surface area contributed by atoms with E-state index in [1.54, 1.807) is 0 Å². The molecule has 180 valence electrons. The van der Waals surface area contributed by atoms with Gasteiger partial charge < -0.3 is 4.42 Å². The van der Waals surface area contributed by atoms with Gasteiger partial charge in [-0.05, 0) is 52.6 Å². The quantitative estimate of drug-likeness (QED) is 0.231. The van der Waals surface area contributed by atoms with Crippen LogP contribution in [0.3, 0.4) is 0 Å². The van der Waals surface area contributed by atoms with Crippen molar-refractivity contribution in [1.29, 1.82) is 0 Å². The monoisotopic (exact) mass is 489 g/mol. The van der Waals surface area contributed by atoms with E-state index in [1.807, 2.05) is 22.8 Å². The third-order valence-corrected chi connectivity index (χ3v) is 8.54. The highest BCUT2D eigenvalue weighted by atomic mass is 16.3. The Balaban J connectivity index is 1.53. The van der Waals surface area contributed by atoms with Gasteiger partial charge in [0.25, 0.3) is 0 Å². The molecule has 38 heavy (non-hydrogen) atoms. The first kappa shape index (κ1) is 20.3. The van der Waals surface area contributed by atoms with Crippen LogP contribution in [0.4, 0.5) is 0 Å². The van der Waals surface area contributed by atoms with Crippen LogP contribution in [-0.4, -0.2) is 14.2 Å². The summed E-state index contributed by atoms with van der Waals surface area (Å²) < 4.78 is 11.0. The summed E-state index contributed by atoms with van der Waals surface area (Å²) in [5, 5.41) is 9.60. The van der Waals surface area contributed by atoms with Gasteiger partial charge in [0.05, 0.1) is 27.6 Å². The second kappa shape index (κ2) is 6.73. The second-order valence-corrected chi connectivity index (χ2v) is 10.9. The van der Waals surface area contributed by atoms with Gasteiger partial charge in [0.1, 0.15) is 5.58 Å². The van der Waals surface area contributed by atoms with Gasteiger partial charge in [0.15, 0.2) is 0 Å². The fourth-order valence-electron chi connectivity index (χ4n) is 6.97. The molecule has 1 aliphatic carbocycles. The molecule has 0 amide bonds. The summed E-state index contributed by atoms with van der Waals surface area (Å²) in [6.07, 6.45) is 2.03. The number of furan rings is 1. The van der Waals surface area contributed by atoms with E-state index in [1.165, 1.54) is 33.0 Å². The minimum Gasteiger partial charge on any atom is -0.439 e. The van der Waals surface area contributed by atoms with E-state index in [2.05, 4.69) is 103 Å². The maximum absolute atomic E-state index is 6.70. The number of rotatable bonds is 1. The van der Waals surface area contributed by atoms with Crippen molar-refractivity contribution >= 4 is 49.4 Å². The van der Waals surface area contributed by atoms with E-state index < -0.39 is 0 Å². The van der Waals surface area contributed by atoms with Gasteiger partial charge in [-0.1, -0.05) is 80.6 Å². The fourth-order valence-corrected chi connectivity index (χ4v) is 6.97. The molecule has 0 unspecified atom stereocenters. The Morgan fingerprint density at radius 3 is 2.42 bits per heavy atom. The largest absolute Gasteiger partial charge is 0.439 e. The topological polar surface area (TPSA) is 35.4 Å². The summed E-state index contributed by atoms with van der Waals surface area (Å²) in [5.74, 6) is 0. The molecular formula is C34H23N3O. The molecule has 4 aromatic carbocycles. The second-order valence-electron chi connectivity index (χ2n) is 10.9. The molecule has 0 N–H and O–H groups in total. The Hall–Kier alpha value is -4.83. The third-order valence-electron chi connectivity index (χ3n) is 8.54. The Labute approximate surface area is 218 Å². The lowest BCUT2D eigenvalue weighted by atomic mass is 9.80. The minimum atomic E-state index is -0.141. The van der Waals surface area contributed by atoms with Gasteiger partial charge in [0.2, 0.25) is 5.71 Å². The van der Waals surface area contributed by atoms with Crippen LogP contribution in [0, 0.1) is 0 Å². The van der Waals surface area contributed by atoms with E-state index >= 15 is 0 Å². The van der Waals surface area contributed by atoms with Crippen molar-refractivity contribution in [2.75, 3.05) is 0 Å². The van der Waals surface area contributed by atoms with Crippen molar-refractivity contribution in [3.05, 3.63) is 114 Å². The summed E-state index contributed by atoms with van der Waals surface area (Å²) in [7, 11) is 0. The summed E-state index contributed by atoms with van der Waals surface area (Å²) in [5.41, 5.74) is 11.3.